The molecule has 1 aromatic rings. The van der Waals surface area contributed by atoms with E-state index in [4.69, 9.17) is 0 Å². The highest BCUT2D eigenvalue weighted by atomic mass is 79.9. The third-order valence-electron chi connectivity index (χ3n) is 2.91. The smallest absolute Gasteiger partial charge is 0.255 e. The van der Waals surface area contributed by atoms with E-state index in [0.29, 0.717) is 6.04 Å². The van der Waals surface area contributed by atoms with Crippen LogP contribution in [0.15, 0.2) is 15.2 Å². The molecule has 0 bridgehead atoms. The number of carbonyl (C=O) groups excluding carboxylic acids is 1. The van der Waals surface area contributed by atoms with E-state index in [1.165, 1.54) is 0 Å². The lowest BCUT2D eigenvalue weighted by molar-refractivity contribution is 0.0534. The molecule has 1 aliphatic rings. The Bertz CT molecular complexity index is 393. The van der Waals surface area contributed by atoms with Crippen LogP contribution in [0.1, 0.15) is 17.3 Å². The molecule has 0 saturated carbocycles. The summed E-state index contributed by atoms with van der Waals surface area (Å²) < 4.78 is 1.01. The van der Waals surface area contributed by atoms with Crippen LogP contribution in [0.25, 0.3) is 0 Å². The number of piperazine rings is 1. The van der Waals surface area contributed by atoms with Crippen LogP contribution < -0.4 is 0 Å². The van der Waals surface area contributed by atoms with Crippen LogP contribution in [0.2, 0.25) is 0 Å². The molecule has 1 saturated heterocycles. The van der Waals surface area contributed by atoms with Crippen LogP contribution >= 0.6 is 27.3 Å². The molecule has 2 heterocycles. The number of likely N-dealkylation sites (N-methyl/N-ethyl adjacent to an activating group) is 1. The normalized spacial score (nSPS) is 22.4. The maximum Gasteiger partial charge on any atom is 0.255 e. The fourth-order valence-electron chi connectivity index (χ4n) is 2.03. The van der Waals surface area contributed by atoms with Crippen molar-refractivity contribution in [1.82, 2.24) is 9.80 Å². The van der Waals surface area contributed by atoms with Gasteiger partial charge in [-0.15, -0.1) is 11.3 Å². The molecule has 1 fully saturated rings. The molecular formula is C11H15BrN2OS. The van der Waals surface area contributed by atoms with Gasteiger partial charge in [-0.25, -0.2) is 0 Å². The van der Waals surface area contributed by atoms with Crippen molar-refractivity contribution in [3.8, 4) is 0 Å². The fourth-order valence-corrected chi connectivity index (χ4v) is 3.16. The van der Waals surface area contributed by atoms with Crippen LogP contribution in [0.5, 0.6) is 0 Å². The van der Waals surface area contributed by atoms with E-state index in [-0.39, 0.29) is 5.91 Å². The summed E-state index contributed by atoms with van der Waals surface area (Å²) in [5, 5.41) is 1.91. The second-order valence-corrected chi connectivity index (χ2v) is 6.54. The summed E-state index contributed by atoms with van der Waals surface area (Å²) in [7, 11) is 2.10. The van der Waals surface area contributed by atoms with E-state index in [1.54, 1.807) is 11.3 Å². The van der Waals surface area contributed by atoms with Crippen LogP contribution in [-0.4, -0.2) is 48.4 Å². The number of thiophene rings is 1. The largest absolute Gasteiger partial charge is 0.333 e. The molecule has 1 aromatic heterocycles. The van der Waals surface area contributed by atoms with E-state index < -0.39 is 0 Å². The van der Waals surface area contributed by atoms with Crippen molar-refractivity contribution in [2.75, 3.05) is 26.7 Å². The maximum absolute atomic E-state index is 12.2. The van der Waals surface area contributed by atoms with Gasteiger partial charge in [0, 0.05) is 31.1 Å². The number of rotatable bonds is 1. The average Bonchev–Trinajstić information content (AvgIpc) is 2.64. The second kappa shape index (κ2) is 4.85. The fraction of sp³-hybridized carbons (Fsp3) is 0.545. The lowest BCUT2D eigenvalue weighted by Crippen LogP contribution is -2.52. The first-order valence-corrected chi connectivity index (χ1v) is 6.98. The highest BCUT2D eigenvalue weighted by Crippen LogP contribution is 2.23. The first-order valence-electron chi connectivity index (χ1n) is 5.31. The Kier molecular flexibility index (Phi) is 3.66. The van der Waals surface area contributed by atoms with E-state index in [9.17, 15) is 4.79 Å². The maximum atomic E-state index is 12.2. The predicted octanol–water partition coefficient (Wildman–Crippen LogP) is 2.29. The van der Waals surface area contributed by atoms with Crippen LogP contribution in [0.3, 0.4) is 0 Å². The van der Waals surface area contributed by atoms with E-state index in [2.05, 4.69) is 34.8 Å². The molecule has 16 heavy (non-hydrogen) atoms. The molecular weight excluding hydrogens is 288 g/mol. The molecule has 0 aromatic carbocycles. The molecule has 5 heteroatoms. The number of nitrogens with zero attached hydrogens (tertiary/aromatic N) is 2. The van der Waals surface area contributed by atoms with E-state index in [1.807, 2.05) is 16.3 Å². The van der Waals surface area contributed by atoms with Crippen molar-refractivity contribution in [2.24, 2.45) is 0 Å². The summed E-state index contributed by atoms with van der Waals surface area (Å²) in [6, 6.07) is 2.20. The summed E-state index contributed by atoms with van der Waals surface area (Å²) in [4.78, 5) is 16.5. The molecule has 1 aliphatic heterocycles. The van der Waals surface area contributed by atoms with Crippen LogP contribution in [-0.2, 0) is 0 Å². The first-order chi connectivity index (χ1) is 7.58. The molecule has 3 nitrogen and oxygen atoms in total. The predicted molar refractivity (Wildman–Crippen MR) is 70.0 cm³/mol. The molecule has 88 valence electrons. The number of hydrogen-bond donors (Lipinski definition) is 0. The number of carbonyl (C=O) groups is 1. The van der Waals surface area contributed by atoms with Gasteiger partial charge in [-0.05, 0) is 36.0 Å². The van der Waals surface area contributed by atoms with Crippen molar-refractivity contribution < 1.29 is 4.79 Å². The molecule has 0 radical (unpaired) electrons. The van der Waals surface area contributed by atoms with Gasteiger partial charge < -0.3 is 9.80 Å². The van der Waals surface area contributed by atoms with Crippen molar-refractivity contribution in [2.45, 2.75) is 13.0 Å². The molecule has 1 amide bonds. The summed E-state index contributed by atoms with van der Waals surface area (Å²) in [6.45, 7) is 4.84. The zero-order chi connectivity index (χ0) is 11.7. The molecule has 1 atom stereocenters. The van der Waals surface area contributed by atoms with Crippen molar-refractivity contribution >= 4 is 33.2 Å². The van der Waals surface area contributed by atoms with Gasteiger partial charge in [0.25, 0.3) is 5.91 Å². The van der Waals surface area contributed by atoms with Gasteiger partial charge in [0.15, 0.2) is 0 Å². The monoisotopic (exact) mass is 302 g/mol. The molecule has 0 spiro atoms. The number of hydrogen-bond acceptors (Lipinski definition) is 3. The average molecular weight is 303 g/mol. The first kappa shape index (κ1) is 12.1. The zero-order valence-electron chi connectivity index (χ0n) is 9.44. The Morgan fingerprint density at radius 2 is 2.31 bits per heavy atom. The molecule has 0 aliphatic carbocycles. The van der Waals surface area contributed by atoms with Crippen molar-refractivity contribution in [3.05, 3.63) is 20.8 Å². The second-order valence-electron chi connectivity index (χ2n) is 4.25. The Morgan fingerprint density at radius 1 is 1.56 bits per heavy atom. The van der Waals surface area contributed by atoms with E-state index >= 15 is 0 Å². The summed E-state index contributed by atoms with van der Waals surface area (Å²) >= 11 is 4.95. The third-order valence-corrected chi connectivity index (χ3v) is 4.41. The summed E-state index contributed by atoms with van der Waals surface area (Å²) in [5.41, 5.74) is 0.799. The third kappa shape index (κ3) is 2.47. The minimum atomic E-state index is 0.155. The number of amides is 1. The molecule has 0 unspecified atom stereocenters. The van der Waals surface area contributed by atoms with Gasteiger partial charge in [-0.2, -0.15) is 0 Å². The highest BCUT2D eigenvalue weighted by molar-refractivity contribution is 9.11. The van der Waals surface area contributed by atoms with Crippen molar-refractivity contribution in [3.63, 3.8) is 0 Å². The van der Waals surface area contributed by atoms with Gasteiger partial charge in [-0.1, -0.05) is 0 Å². The topological polar surface area (TPSA) is 23.6 Å². The quantitative estimate of drug-likeness (QED) is 0.795. The van der Waals surface area contributed by atoms with Gasteiger partial charge in [0.2, 0.25) is 0 Å². The summed E-state index contributed by atoms with van der Waals surface area (Å²) in [5.74, 6) is 0.155. The standard InChI is InChI=1S/C11H15BrN2OS/c1-8-6-13(2)3-4-14(8)11(15)9-5-10(12)16-7-9/h5,7-8H,3-4,6H2,1-2H3/t8-/m0/s1. The minimum absolute atomic E-state index is 0.155. The lowest BCUT2D eigenvalue weighted by atomic mass is 10.1. The molecule has 0 N–H and O–H groups in total. The van der Waals surface area contributed by atoms with Gasteiger partial charge in [0.05, 0.1) is 9.35 Å². The van der Waals surface area contributed by atoms with Crippen LogP contribution in [0.4, 0.5) is 0 Å². The van der Waals surface area contributed by atoms with Gasteiger partial charge in [-0.3, -0.25) is 4.79 Å². The molecule has 2 rings (SSSR count). The van der Waals surface area contributed by atoms with Crippen molar-refractivity contribution in [1.29, 1.82) is 0 Å². The number of halogens is 1. The van der Waals surface area contributed by atoms with Gasteiger partial charge >= 0.3 is 0 Å². The SMILES string of the molecule is C[C@H]1CN(C)CCN1C(=O)c1csc(Br)c1. The Labute approximate surface area is 108 Å². The minimum Gasteiger partial charge on any atom is -0.333 e. The highest BCUT2D eigenvalue weighted by Gasteiger charge is 2.26. The Hall–Kier alpha value is -0.390. The van der Waals surface area contributed by atoms with E-state index in [0.717, 1.165) is 29.0 Å². The Morgan fingerprint density at radius 3 is 2.88 bits per heavy atom. The lowest BCUT2D eigenvalue weighted by Gasteiger charge is -2.38. The summed E-state index contributed by atoms with van der Waals surface area (Å²) in [6.07, 6.45) is 0. The van der Waals surface area contributed by atoms with Gasteiger partial charge in [0.1, 0.15) is 0 Å². The zero-order valence-corrected chi connectivity index (χ0v) is 11.8. The Balaban J connectivity index is 2.10. The van der Waals surface area contributed by atoms with Crippen LogP contribution in [0, 0.1) is 0 Å².